The number of imide groups is 1. The molecule has 2 aromatic rings. The Morgan fingerprint density at radius 1 is 1.03 bits per heavy atom. The third kappa shape index (κ3) is 7.04. The summed E-state index contributed by atoms with van der Waals surface area (Å²) in [5, 5.41) is 3.39. The van der Waals surface area contributed by atoms with Gasteiger partial charge >= 0.3 is 12.1 Å². The Bertz CT molecular complexity index is 1070. The maximum absolute atomic E-state index is 13.8. The summed E-state index contributed by atoms with van der Waals surface area (Å²) in [6, 6.07) is 15.6. The van der Waals surface area contributed by atoms with Crippen molar-refractivity contribution in [1.82, 2.24) is 10.2 Å². The fourth-order valence-electron chi connectivity index (χ4n) is 4.29. The number of rotatable bonds is 7. The number of carbonyl (C=O) groups is 3. The van der Waals surface area contributed by atoms with E-state index in [9.17, 15) is 14.4 Å². The molecule has 0 bridgehead atoms. The van der Waals surface area contributed by atoms with Crippen LogP contribution in [0.1, 0.15) is 50.9 Å². The van der Waals surface area contributed by atoms with Crippen molar-refractivity contribution in [3.05, 3.63) is 72.3 Å². The number of hydrogen-bond acceptors (Lipinski definition) is 6. The number of nitrogens with one attached hydrogen (secondary N) is 1. The highest BCUT2D eigenvalue weighted by Gasteiger charge is 2.42. The fourth-order valence-corrected chi connectivity index (χ4v) is 4.29. The van der Waals surface area contributed by atoms with Gasteiger partial charge in [0.2, 0.25) is 0 Å². The second kappa shape index (κ2) is 12.0. The van der Waals surface area contributed by atoms with Gasteiger partial charge in [-0.1, -0.05) is 61.5 Å². The van der Waals surface area contributed by atoms with Crippen LogP contribution in [0.4, 0.5) is 4.79 Å². The molecular formula is C29H36N2O5. The normalized spacial score (nSPS) is 17.1. The van der Waals surface area contributed by atoms with Crippen molar-refractivity contribution in [2.24, 2.45) is 5.92 Å². The molecular weight excluding hydrogens is 456 g/mol. The molecule has 0 aromatic heterocycles. The molecule has 0 aliphatic carbocycles. The second-order valence-corrected chi connectivity index (χ2v) is 10.1. The SMILES string of the molecule is COC(=O)[C@@H]([C@H](C)CC1C=CCCN1)N(C(=O)OC(C)(C)C)C(=O)c1ccc(-c2ccccc2)cc1. The molecule has 36 heavy (non-hydrogen) atoms. The van der Waals surface area contributed by atoms with Crippen LogP contribution in [0.15, 0.2) is 66.7 Å². The molecule has 1 N–H and O–H groups in total. The number of carbonyl (C=O) groups excluding carboxylic acids is 3. The number of hydrogen-bond donors (Lipinski definition) is 1. The molecule has 0 saturated carbocycles. The molecule has 1 aliphatic rings. The van der Waals surface area contributed by atoms with Crippen LogP contribution in [-0.4, -0.2) is 54.2 Å². The lowest BCUT2D eigenvalue weighted by Crippen LogP contribution is -2.54. The molecule has 2 aromatic carbocycles. The monoisotopic (exact) mass is 492 g/mol. The van der Waals surface area contributed by atoms with E-state index in [1.54, 1.807) is 32.9 Å². The smallest absolute Gasteiger partial charge is 0.418 e. The largest absolute Gasteiger partial charge is 0.467 e. The Balaban J connectivity index is 1.96. The minimum absolute atomic E-state index is 0.0293. The highest BCUT2D eigenvalue weighted by Crippen LogP contribution is 2.26. The van der Waals surface area contributed by atoms with E-state index in [0.29, 0.717) is 6.42 Å². The number of benzene rings is 2. The zero-order valence-corrected chi connectivity index (χ0v) is 21.7. The Kier molecular flexibility index (Phi) is 9.04. The molecule has 1 aliphatic heterocycles. The molecule has 3 atom stereocenters. The number of amides is 2. The second-order valence-electron chi connectivity index (χ2n) is 10.1. The van der Waals surface area contributed by atoms with Crippen molar-refractivity contribution in [2.75, 3.05) is 13.7 Å². The molecule has 0 fully saturated rings. The van der Waals surface area contributed by atoms with Gasteiger partial charge < -0.3 is 14.8 Å². The van der Waals surface area contributed by atoms with Gasteiger partial charge in [0.1, 0.15) is 11.6 Å². The number of esters is 1. The quantitative estimate of drug-likeness (QED) is 0.422. The average Bonchev–Trinajstić information content (AvgIpc) is 2.86. The highest BCUT2D eigenvalue weighted by atomic mass is 16.6. The topological polar surface area (TPSA) is 84.9 Å². The summed E-state index contributed by atoms with van der Waals surface area (Å²) < 4.78 is 10.6. The fraction of sp³-hybridized carbons (Fsp3) is 0.414. The summed E-state index contributed by atoms with van der Waals surface area (Å²) in [5.41, 5.74) is 1.36. The van der Waals surface area contributed by atoms with Crippen LogP contribution in [0, 0.1) is 5.92 Å². The van der Waals surface area contributed by atoms with Gasteiger partial charge in [-0.05, 0) is 69.3 Å². The average molecular weight is 493 g/mol. The number of nitrogens with zero attached hydrogens (tertiary/aromatic N) is 1. The van der Waals surface area contributed by atoms with E-state index in [0.717, 1.165) is 29.0 Å². The van der Waals surface area contributed by atoms with Gasteiger partial charge in [0.25, 0.3) is 5.91 Å². The van der Waals surface area contributed by atoms with Crippen LogP contribution in [0.3, 0.4) is 0 Å². The van der Waals surface area contributed by atoms with Crippen LogP contribution in [0.5, 0.6) is 0 Å². The molecule has 1 unspecified atom stereocenters. The third-order valence-corrected chi connectivity index (χ3v) is 6.02. The standard InChI is InChI=1S/C29H36N2O5/c1-20(19-24-13-9-10-18-30-24)25(27(33)35-5)31(28(34)36-29(2,3)4)26(32)23-16-14-22(15-17-23)21-11-7-6-8-12-21/h6-9,11-17,20,24-25,30H,10,18-19H2,1-5H3/t20-,24?,25-/m1/s1. The third-order valence-electron chi connectivity index (χ3n) is 6.02. The maximum Gasteiger partial charge on any atom is 0.418 e. The lowest BCUT2D eigenvalue weighted by Gasteiger charge is -2.35. The molecule has 192 valence electrons. The Labute approximate surface area is 213 Å². The van der Waals surface area contributed by atoms with Crippen LogP contribution in [0.2, 0.25) is 0 Å². The molecule has 0 radical (unpaired) electrons. The summed E-state index contributed by atoms with van der Waals surface area (Å²) in [7, 11) is 1.26. The lowest BCUT2D eigenvalue weighted by atomic mass is 9.91. The first-order chi connectivity index (χ1) is 17.1. The number of methoxy groups -OCH3 is 1. The van der Waals surface area contributed by atoms with E-state index in [2.05, 4.69) is 17.5 Å². The minimum atomic E-state index is -1.15. The molecule has 0 spiro atoms. The van der Waals surface area contributed by atoms with E-state index in [-0.39, 0.29) is 11.6 Å². The van der Waals surface area contributed by atoms with E-state index in [1.807, 2.05) is 49.4 Å². The molecule has 0 saturated heterocycles. The Morgan fingerprint density at radius 3 is 2.22 bits per heavy atom. The summed E-state index contributed by atoms with van der Waals surface area (Å²) >= 11 is 0. The molecule has 2 amide bonds. The van der Waals surface area contributed by atoms with Crippen molar-refractivity contribution >= 4 is 18.0 Å². The van der Waals surface area contributed by atoms with Gasteiger partial charge in [0.05, 0.1) is 7.11 Å². The van der Waals surface area contributed by atoms with Crippen molar-refractivity contribution in [2.45, 2.75) is 58.2 Å². The van der Waals surface area contributed by atoms with Crippen LogP contribution >= 0.6 is 0 Å². The first kappa shape index (κ1) is 27.1. The van der Waals surface area contributed by atoms with Crippen molar-refractivity contribution in [1.29, 1.82) is 0 Å². The maximum atomic E-state index is 13.8. The van der Waals surface area contributed by atoms with Gasteiger partial charge in [-0.2, -0.15) is 0 Å². The summed E-state index contributed by atoms with van der Waals surface area (Å²) in [6.07, 6.45) is 4.74. The summed E-state index contributed by atoms with van der Waals surface area (Å²) in [6.45, 7) is 7.83. The zero-order chi connectivity index (χ0) is 26.3. The van der Waals surface area contributed by atoms with Gasteiger partial charge in [0.15, 0.2) is 0 Å². The predicted molar refractivity (Wildman–Crippen MR) is 139 cm³/mol. The molecule has 7 nitrogen and oxygen atoms in total. The van der Waals surface area contributed by atoms with Gasteiger partial charge in [-0.3, -0.25) is 4.79 Å². The Hall–Kier alpha value is -3.45. The molecule has 3 rings (SSSR count). The van der Waals surface area contributed by atoms with E-state index >= 15 is 0 Å². The first-order valence-electron chi connectivity index (χ1n) is 12.3. The van der Waals surface area contributed by atoms with Crippen LogP contribution in [0.25, 0.3) is 11.1 Å². The minimum Gasteiger partial charge on any atom is -0.467 e. The van der Waals surface area contributed by atoms with E-state index in [1.165, 1.54) is 7.11 Å². The number of ether oxygens (including phenoxy) is 2. The summed E-state index contributed by atoms with van der Waals surface area (Å²) in [5.74, 6) is -1.67. The lowest BCUT2D eigenvalue weighted by molar-refractivity contribution is -0.147. The molecule has 1 heterocycles. The summed E-state index contributed by atoms with van der Waals surface area (Å²) in [4.78, 5) is 41.1. The van der Waals surface area contributed by atoms with E-state index < -0.39 is 35.5 Å². The van der Waals surface area contributed by atoms with E-state index in [4.69, 9.17) is 9.47 Å². The van der Waals surface area contributed by atoms with Crippen molar-refractivity contribution in [3.8, 4) is 11.1 Å². The van der Waals surface area contributed by atoms with Crippen molar-refractivity contribution in [3.63, 3.8) is 0 Å². The predicted octanol–water partition coefficient (Wildman–Crippen LogP) is 5.22. The Morgan fingerprint density at radius 2 is 1.67 bits per heavy atom. The van der Waals surface area contributed by atoms with Gasteiger partial charge in [-0.15, -0.1) is 0 Å². The van der Waals surface area contributed by atoms with Crippen LogP contribution in [-0.2, 0) is 14.3 Å². The zero-order valence-electron chi connectivity index (χ0n) is 21.7. The van der Waals surface area contributed by atoms with Crippen molar-refractivity contribution < 1.29 is 23.9 Å². The van der Waals surface area contributed by atoms with Crippen LogP contribution < -0.4 is 5.32 Å². The first-order valence-corrected chi connectivity index (χ1v) is 12.3. The van der Waals surface area contributed by atoms with Gasteiger partial charge in [0, 0.05) is 11.6 Å². The molecule has 7 heteroatoms. The van der Waals surface area contributed by atoms with Gasteiger partial charge in [-0.25, -0.2) is 14.5 Å². The highest BCUT2D eigenvalue weighted by molar-refractivity contribution is 6.06.